The largest absolute Gasteiger partial charge is 0.516 e. The van der Waals surface area contributed by atoms with Gasteiger partial charge in [-0.25, -0.2) is 9.78 Å². The predicted molar refractivity (Wildman–Crippen MR) is 144 cm³/mol. The van der Waals surface area contributed by atoms with Crippen molar-refractivity contribution in [3.8, 4) is 23.0 Å². The number of carbonyl (C=O) groups excluding carboxylic acids is 2. The van der Waals surface area contributed by atoms with E-state index < -0.39 is 33.1 Å². The van der Waals surface area contributed by atoms with Crippen molar-refractivity contribution in [3.63, 3.8) is 0 Å². The fourth-order valence-corrected chi connectivity index (χ4v) is 4.38. The molecule has 0 saturated heterocycles. The highest BCUT2D eigenvalue weighted by Crippen LogP contribution is 2.36. The van der Waals surface area contributed by atoms with Gasteiger partial charge in [-0.15, -0.1) is 0 Å². The summed E-state index contributed by atoms with van der Waals surface area (Å²) < 4.78 is 78.9. The lowest BCUT2D eigenvalue weighted by molar-refractivity contribution is -0.0429. The number of sulfonamides is 1. The molecule has 1 amide bonds. The quantitative estimate of drug-likeness (QED) is 0.237. The van der Waals surface area contributed by atoms with Crippen LogP contribution in [0.15, 0.2) is 48.8 Å². The number of alkyl halides is 3. The van der Waals surface area contributed by atoms with Gasteiger partial charge in [0.1, 0.15) is 0 Å². The fraction of sp³-hybridized carbons (Fsp3) is 0.160. The number of amides is 1. The van der Waals surface area contributed by atoms with Crippen molar-refractivity contribution in [1.82, 2.24) is 15.0 Å². The number of methoxy groups -OCH3 is 3. The Morgan fingerprint density at radius 1 is 0.952 bits per heavy atom. The van der Waals surface area contributed by atoms with Gasteiger partial charge in [-0.3, -0.25) is 14.5 Å². The third-order valence-electron chi connectivity index (χ3n) is 5.73. The lowest BCUT2D eigenvalue weighted by atomic mass is 10.0. The van der Waals surface area contributed by atoms with Crippen LogP contribution >= 0.6 is 0 Å². The molecule has 220 valence electrons. The fourth-order valence-electron chi connectivity index (χ4n) is 3.84. The van der Waals surface area contributed by atoms with E-state index in [9.17, 15) is 31.2 Å². The number of nitrogens with one attached hydrogen (secondary N) is 2. The van der Waals surface area contributed by atoms with E-state index in [4.69, 9.17) is 15.2 Å². The first kappa shape index (κ1) is 29.8. The Hall–Kier alpha value is -5.19. The first-order valence-corrected chi connectivity index (χ1v) is 13.0. The molecule has 0 spiro atoms. The molecular weight excluding hydrogens is 585 g/mol. The van der Waals surface area contributed by atoms with Crippen LogP contribution in [0.3, 0.4) is 0 Å². The maximum Gasteiger partial charge on any atom is 0.516 e. The lowest BCUT2D eigenvalue weighted by Crippen LogP contribution is -2.30. The number of primary amides is 1. The number of aromatic nitrogens is 3. The van der Waals surface area contributed by atoms with Gasteiger partial charge in [0.25, 0.3) is 5.91 Å². The molecule has 0 aliphatic rings. The predicted octanol–water partition coefficient (Wildman–Crippen LogP) is 3.60. The molecule has 2 aromatic heterocycles. The summed E-state index contributed by atoms with van der Waals surface area (Å²) in [6, 6.07) is 7.96. The van der Waals surface area contributed by atoms with Crippen molar-refractivity contribution < 1.29 is 45.4 Å². The number of nitrogens with zero attached hydrogens (tertiary/aromatic N) is 3. The summed E-state index contributed by atoms with van der Waals surface area (Å²) in [6.45, 7) is 0. The van der Waals surface area contributed by atoms with Crippen molar-refractivity contribution in [1.29, 1.82) is 0 Å². The van der Waals surface area contributed by atoms with Crippen LogP contribution in [-0.2, 0) is 14.8 Å². The minimum Gasteiger partial charge on any atom is -0.480 e. The smallest absolute Gasteiger partial charge is 0.480 e. The van der Waals surface area contributed by atoms with Crippen LogP contribution in [0.5, 0.6) is 11.9 Å². The molecule has 42 heavy (non-hydrogen) atoms. The average Bonchev–Trinajstić information content (AvgIpc) is 2.95. The maximum absolute atomic E-state index is 13.0. The van der Waals surface area contributed by atoms with E-state index in [1.807, 2.05) is 0 Å². The van der Waals surface area contributed by atoms with Crippen molar-refractivity contribution in [2.45, 2.75) is 5.51 Å². The summed E-state index contributed by atoms with van der Waals surface area (Å²) in [5.74, 6) is -1.66. The van der Waals surface area contributed by atoms with E-state index in [2.05, 4.69) is 25.0 Å². The first-order valence-electron chi connectivity index (χ1n) is 11.6. The second-order valence-electron chi connectivity index (χ2n) is 8.39. The minimum atomic E-state index is -5.83. The van der Waals surface area contributed by atoms with Crippen molar-refractivity contribution in [2.24, 2.45) is 5.73 Å². The molecule has 0 unspecified atom stereocenters. The molecule has 0 radical (unpaired) electrons. The third-order valence-corrected chi connectivity index (χ3v) is 6.85. The number of benzene rings is 2. The van der Waals surface area contributed by atoms with E-state index >= 15 is 0 Å². The summed E-state index contributed by atoms with van der Waals surface area (Å²) in [5, 5.41) is 3.18. The number of esters is 1. The zero-order valence-corrected chi connectivity index (χ0v) is 22.8. The van der Waals surface area contributed by atoms with Crippen LogP contribution in [0.1, 0.15) is 20.7 Å². The normalized spacial score (nSPS) is 11.6. The molecule has 4 aromatic rings. The van der Waals surface area contributed by atoms with Gasteiger partial charge in [0.15, 0.2) is 0 Å². The first-order chi connectivity index (χ1) is 19.8. The van der Waals surface area contributed by atoms with Crippen molar-refractivity contribution >= 4 is 49.9 Å². The molecule has 2 aromatic carbocycles. The Balaban J connectivity index is 1.85. The summed E-state index contributed by atoms with van der Waals surface area (Å²) in [4.78, 5) is 37.0. The number of hydrogen-bond donors (Lipinski definition) is 3. The molecule has 17 heteroatoms. The Morgan fingerprint density at radius 3 is 2.29 bits per heavy atom. The summed E-state index contributed by atoms with van der Waals surface area (Å²) in [6.07, 6.45) is 2.65. The Kier molecular flexibility index (Phi) is 8.05. The Labute approximate surface area is 235 Å². The van der Waals surface area contributed by atoms with Crippen LogP contribution in [-0.4, -0.2) is 62.1 Å². The number of halogens is 3. The SMILES string of the molecule is COC(=O)c1cc(Nc2c(C(N)=O)cnc3cc(-c4cnc(OC)nc4OC)ccc23)cc(NS(=O)(=O)C(F)(F)F)c1. The highest BCUT2D eigenvalue weighted by molar-refractivity contribution is 7.93. The molecular formula is C25H21F3N6O7S. The van der Waals surface area contributed by atoms with Crippen molar-refractivity contribution in [3.05, 3.63) is 59.9 Å². The molecule has 4 rings (SSSR count). The van der Waals surface area contributed by atoms with Gasteiger partial charge in [-0.2, -0.15) is 26.6 Å². The van der Waals surface area contributed by atoms with Gasteiger partial charge in [0.2, 0.25) is 5.88 Å². The number of anilines is 3. The van der Waals surface area contributed by atoms with E-state index in [1.165, 1.54) is 37.4 Å². The lowest BCUT2D eigenvalue weighted by Gasteiger charge is -2.17. The molecule has 0 aliphatic heterocycles. The van der Waals surface area contributed by atoms with Gasteiger partial charge < -0.3 is 25.3 Å². The van der Waals surface area contributed by atoms with Gasteiger partial charge in [-0.05, 0) is 29.8 Å². The zero-order valence-electron chi connectivity index (χ0n) is 21.9. The van der Waals surface area contributed by atoms with E-state index in [0.717, 1.165) is 19.2 Å². The maximum atomic E-state index is 13.0. The molecule has 4 N–H and O–H groups in total. The van der Waals surface area contributed by atoms with Crippen LogP contribution in [0.2, 0.25) is 0 Å². The van der Waals surface area contributed by atoms with Gasteiger partial charge in [0.05, 0.1) is 54.9 Å². The summed E-state index contributed by atoms with van der Waals surface area (Å²) in [5.41, 5.74) is 0.299. The Morgan fingerprint density at radius 2 is 1.67 bits per heavy atom. The molecule has 0 saturated carbocycles. The highest BCUT2D eigenvalue weighted by atomic mass is 32.2. The summed E-state index contributed by atoms with van der Waals surface area (Å²) >= 11 is 0. The van der Waals surface area contributed by atoms with Gasteiger partial charge in [0, 0.05) is 23.5 Å². The number of pyridine rings is 1. The molecule has 2 heterocycles. The number of fused-ring (bicyclic) bond motifs is 1. The number of nitrogens with two attached hydrogens (primary N) is 1. The topological polar surface area (TPSA) is 185 Å². The van der Waals surface area contributed by atoms with Crippen LogP contribution in [0.25, 0.3) is 22.0 Å². The second kappa shape index (κ2) is 11.4. The van der Waals surface area contributed by atoms with Crippen molar-refractivity contribution in [2.75, 3.05) is 31.4 Å². The van der Waals surface area contributed by atoms with E-state index in [0.29, 0.717) is 22.0 Å². The summed E-state index contributed by atoms with van der Waals surface area (Å²) in [7, 11) is -1.99. The number of carbonyl (C=O) groups is 2. The van der Waals surface area contributed by atoms with E-state index in [-0.39, 0.29) is 34.4 Å². The standard InChI is InChI=1S/C25H21F3N6O7S/c1-39-22-17(10-31-24(33-22)41-3)12-4-5-16-19(8-12)30-11-18(21(29)35)20(16)32-14-6-13(23(36)40-2)7-15(9-14)34-42(37,38)25(26,27)28/h4-11,34H,1-3H3,(H2,29,35)(H,30,32). The van der Waals surface area contributed by atoms with Gasteiger partial charge >= 0.3 is 27.5 Å². The monoisotopic (exact) mass is 606 g/mol. The number of hydrogen-bond acceptors (Lipinski definition) is 11. The number of ether oxygens (including phenoxy) is 3. The second-order valence-corrected chi connectivity index (χ2v) is 10.1. The van der Waals surface area contributed by atoms with Gasteiger partial charge in [-0.1, -0.05) is 12.1 Å². The highest BCUT2D eigenvalue weighted by Gasteiger charge is 2.46. The van der Waals surface area contributed by atoms with E-state index in [1.54, 1.807) is 18.2 Å². The van der Waals surface area contributed by atoms with Crippen LogP contribution < -0.4 is 25.2 Å². The molecule has 0 aliphatic carbocycles. The number of rotatable bonds is 9. The molecule has 0 fully saturated rings. The molecule has 0 atom stereocenters. The minimum absolute atomic E-state index is 0.0728. The molecule has 13 nitrogen and oxygen atoms in total. The zero-order chi connectivity index (χ0) is 30.8. The average molecular weight is 607 g/mol. The van der Waals surface area contributed by atoms with Crippen LogP contribution in [0.4, 0.5) is 30.2 Å². The Bertz CT molecular complexity index is 1820. The third kappa shape index (κ3) is 5.95. The van der Waals surface area contributed by atoms with Crippen LogP contribution in [0, 0.1) is 0 Å². The molecule has 0 bridgehead atoms.